The highest BCUT2D eigenvalue weighted by atomic mass is 16.5. The van der Waals surface area contributed by atoms with Crippen molar-refractivity contribution in [1.29, 1.82) is 0 Å². The summed E-state index contributed by atoms with van der Waals surface area (Å²) in [6.45, 7) is -0.427. The molecule has 0 aliphatic carbocycles. The minimum atomic E-state index is -0.578. The van der Waals surface area contributed by atoms with Gasteiger partial charge in [0.2, 0.25) is 0 Å². The average Bonchev–Trinajstić information content (AvgIpc) is 3.09. The van der Waals surface area contributed by atoms with Crippen LogP contribution in [0.1, 0.15) is 5.69 Å². The second-order valence-corrected chi connectivity index (χ2v) is 5.58. The Morgan fingerprint density at radius 2 is 1.93 bits per heavy atom. The lowest BCUT2D eigenvalue weighted by Crippen LogP contribution is -2.22. The summed E-state index contributed by atoms with van der Waals surface area (Å²) in [5, 5.41) is 7.23. The molecule has 3 aromatic rings. The van der Waals surface area contributed by atoms with Crippen LogP contribution in [0.4, 0.5) is 5.69 Å². The lowest BCUT2D eigenvalue weighted by Gasteiger charge is -2.11. The summed E-state index contributed by atoms with van der Waals surface area (Å²) in [5.74, 6) is -0.0399. The molecule has 0 saturated carbocycles. The predicted molar refractivity (Wildman–Crippen MR) is 96.8 cm³/mol. The van der Waals surface area contributed by atoms with Gasteiger partial charge < -0.3 is 24.1 Å². The van der Waals surface area contributed by atoms with E-state index in [1.54, 1.807) is 30.3 Å². The van der Waals surface area contributed by atoms with Crippen LogP contribution in [-0.2, 0) is 20.7 Å². The molecule has 0 saturated heterocycles. The number of nitrogens with one attached hydrogen (secondary N) is 1. The van der Waals surface area contributed by atoms with Gasteiger partial charge in [-0.1, -0.05) is 17.3 Å². The summed E-state index contributed by atoms with van der Waals surface area (Å²) in [5.41, 5.74) is 1.50. The van der Waals surface area contributed by atoms with Crippen LogP contribution in [0.15, 0.2) is 47.0 Å². The molecule has 1 amide bonds. The fraction of sp³-hybridized carbons (Fsp3) is 0.211. The topological polar surface area (TPSA) is 99.9 Å². The molecule has 1 N–H and O–H groups in total. The lowest BCUT2D eigenvalue weighted by molar-refractivity contribution is -0.146. The van der Waals surface area contributed by atoms with E-state index >= 15 is 0 Å². The Balaban J connectivity index is 1.55. The average molecular weight is 370 g/mol. The molecule has 0 radical (unpaired) electrons. The Morgan fingerprint density at radius 1 is 1.11 bits per heavy atom. The first-order chi connectivity index (χ1) is 13.1. The number of para-hydroxylation sites is 1. The highest BCUT2D eigenvalue weighted by molar-refractivity contribution is 5.94. The number of methoxy groups -OCH3 is 2. The first kappa shape index (κ1) is 18.2. The van der Waals surface area contributed by atoms with E-state index in [4.69, 9.17) is 18.7 Å². The third kappa shape index (κ3) is 4.35. The number of amides is 1. The van der Waals surface area contributed by atoms with Crippen molar-refractivity contribution in [2.75, 3.05) is 26.1 Å². The molecule has 27 heavy (non-hydrogen) atoms. The molecule has 1 heterocycles. The van der Waals surface area contributed by atoms with Crippen LogP contribution in [0, 0.1) is 0 Å². The second kappa shape index (κ2) is 8.22. The van der Waals surface area contributed by atoms with Crippen molar-refractivity contribution >= 4 is 28.5 Å². The third-order valence-corrected chi connectivity index (χ3v) is 3.81. The van der Waals surface area contributed by atoms with Crippen LogP contribution < -0.4 is 14.8 Å². The van der Waals surface area contributed by atoms with Gasteiger partial charge in [-0.15, -0.1) is 0 Å². The molecular weight excluding hydrogens is 352 g/mol. The summed E-state index contributed by atoms with van der Waals surface area (Å²) >= 11 is 0. The first-order valence-electron chi connectivity index (χ1n) is 8.11. The molecule has 0 atom stereocenters. The predicted octanol–water partition coefficient (Wildman–Crippen LogP) is 2.57. The number of rotatable bonds is 7. The number of aromatic nitrogens is 1. The van der Waals surface area contributed by atoms with E-state index in [0.717, 1.165) is 5.39 Å². The Kier molecular flexibility index (Phi) is 5.55. The monoisotopic (exact) mass is 370 g/mol. The van der Waals surface area contributed by atoms with E-state index in [1.165, 1.54) is 14.2 Å². The van der Waals surface area contributed by atoms with Crippen molar-refractivity contribution in [3.05, 3.63) is 48.2 Å². The van der Waals surface area contributed by atoms with E-state index in [-0.39, 0.29) is 6.42 Å². The normalized spacial score (nSPS) is 10.4. The molecule has 1 aromatic heterocycles. The van der Waals surface area contributed by atoms with E-state index in [1.807, 2.05) is 12.1 Å². The van der Waals surface area contributed by atoms with E-state index < -0.39 is 18.5 Å². The summed E-state index contributed by atoms with van der Waals surface area (Å²) in [4.78, 5) is 24.0. The molecule has 0 unspecified atom stereocenters. The highest BCUT2D eigenvalue weighted by Gasteiger charge is 2.15. The Bertz CT molecular complexity index is 966. The van der Waals surface area contributed by atoms with Gasteiger partial charge in [0.25, 0.3) is 5.91 Å². The number of hydrogen-bond donors (Lipinski definition) is 1. The maximum atomic E-state index is 12.0. The highest BCUT2D eigenvalue weighted by Crippen LogP contribution is 2.28. The number of nitrogens with zero attached hydrogens (tertiary/aromatic N) is 1. The van der Waals surface area contributed by atoms with Gasteiger partial charge in [-0.05, 0) is 24.3 Å². The van der Waals surface area contributed by atoms with Crippen LogP contribution in [-0.4, -0.2) is 37.9 Å². The van der Waals surface area contributed by atoms with Gasteiger partial charge in [0.1, 0.15) is 17.2 Å². The van der Waals surface area contributed by atoms with Crippen LogP contribution in [0.5, 0.6) is 11.5 Å². The molecule has 8 heteroatoms. The van der Waals surface area contributed by atoms with Crippen molar-refractivity contribution in [1.82, 2.24) is 5.16 Å². The number of hydrogen-bond acceptors (Lipinski definition) is 7. The quantitative estimate of drug-likeness (QED) is 0.638. The van der Waals surface area contributed by atoms with Gasteiger partial charge >= 0.3 is 5.97 Å². The van der Waals surface area contributed by atoms with Gasteiger partial charge in [-0.25, -0.2) is 0 Å². The van der Waals surface area contributed by atoms with Crippen molar-refractivity contribution in [2.45, 2.75) is 6.42 Å². The molecule has 0 fully saturated rings. The molecule has 3 rings (SSSR count). The molecule has 140 valence electrons. The molecule has 0 aliphatic heterocycles. The molecule has 0 spiro atoms. The standard InChI is InChI=1S/C19H18N2O6/c1-24-12-7-8-14(17(9-12)25-2)20-18(22)11-26-19(23)10-15-13-5-3-4-6-16(13)27-21-15/h3-9H,10-11H2,1-2H3,(H,20,22). The molecule has 0 aliphatic rings. The van der Waals surface area contributed by atoms with Crippen molar-refractivity contribution in [3.63, 3.8) is 0 Å². The second-order valence-electron chi connectivity index (χ2n) is 5.58. The van der Waals surface area contributed by atoms with E-state index in [9.17, 15) is 9.59 Å². The fourth-order valence-electron chi connectivity index (χ4n) is 2.49. The minimum Gasteiger partial charge on any atom is -0.497 e. The zero-order valence-electron chi connectivity index (χ0n) is 14.9. The Labute approximate surface area is 155 Å². The smallest absolute Gasteiger partial charge is 0.312 e. The minimum absolute atomic E-state index is 0.0872. The van der Waals surface area contributed by atoms with Gasteiger partial charge in [0.15, 0.2) is 12.2 Å². The maximum absolute atomic E-state index is 12.0. The number of ether oxygens (including phenoxy) is 3. The summed E-state index contributed by atoms with van der Waals surface area (Å²) < 4.78 is 20.5. The number of carbonyl (C=O) groups excluding carboxylic acids is 2. The van der Waals surface area contributed by atoms with Crippen molar-refractivity contribution < 1.29 is 28.3 Å². The largest absolute Gasteiger partial charge is 0.497 e. The summed E-state index contributed by atoms with van der Waals surface area (Å²) in [7, 11) is 3.01. The van der Waals surface area contributed by atoms with Crippen molar-refractivity contribution in [2.24, 2.45) is 0 Å². The van der Waals surface area contributed by atoms with E-state index in [0.29, 0.717) is 28.5 Å². The Hall–Kier alpha value is -3.55. The number of anilines is 1. The van der Waals surface area contributed by atoms with Gasteiger partial charge in [0.05, 0.1) is 26.3 Å². The SMILES string of the molecule is COc1ccc(NC(=O)COC(=O)Cc2noc3ccccc23)c(OC)c1. The molecule has 8 nitrogen and oxygen atoms in total. The van der Waals surface area contributed by atoms with Gasteiger partial charge in [-0.3, -0.25) is 9.59 Å². The number of esters is 1. The van der Waals surface area contributed by atoms with Crippen molar-refractivity contribution in [3.8, 4) is 11.5 Å². The fourth-order valence-corrected chi connectivity index (χ4v) is 2.49. The molecular formula is C19H18N2O6. The number of carbonyl (C=O) groups is 2. The lowest BCUT2D eigenvalue weighted by atomic mass is 10.2. The number of benzene rings is 2. The molecule has 2 aromatic carbocycles. The number of fused-ring (bicyclic) bond motifs is 1. The first-order valence-corrected chi connectivity index (χ1v) is 8.11. The van der Waals surface area contributed by atoms with Gasteiger partial charge in [-0.2, -0.15) is 0 Å². The van der Waals surface area contributed by atoms with Crippen LogP contribution in [0.2, 0.25) is 0 Å². The third-order valence-electron chi connectivity index (χ3n) is 3.81. The molecule has 0 bridgehead atoms. The van der Waals surface area contributed by atoms with E-state index in [2.05, 4.69) is 10.5 Å². The summed E-state index contributed by atoms with van der Waals surface area (Å²) in [6.07, 6.45) is -0.0872. The van der Waals surface area contributed by atoms with Crippen LogP contribution >= 0.6 is 0 Å². The zero-order valence-corrected chi connectivity index (χ0v) is 14.9. The maximum Gasteiger partial charge on any atom is 0.312 e. The van der Waals surface area contributed by atoms with Crippen LogP contribution in [0.3, 0.4) is 0 Å². The summed E-state index contributed by atoms with van der Waals surface area (Å²) in [6, 6.07) is 12.2. The zero-order chi connectivity index (χ0) is 19.2. The van der Waals surface area contributed by atoms with Crippen LogP contribution in [0.25, 0.3) is 11.0 Å². The van der Waals surface area contributed by atoms with Gasteiger partial charge in [0, 0.05) is 11.5 Å². The Morgan fingerprint density at radius 3 is 2.70 bits per heavy atom.